The van der Waals surface area contributed by atoms with Crippen LogP contribution in [0.1, 0.15) is 24.8 Å². The summed E-state index contributed by atoms with van der Waals surface area (Å²) in [7, 11) is 0. The summed E-state index contributed by atoms with van der Waals surface area (Å²) in [6.45, 7) is 0. The third-order valence-corrected chi connectivity index (χ3v) is 3.37. The lowest BCUT2D eigenvalue weighted by molar-refractivity contribution is 0.240. The zero-order chi connectivity index (χ0) is 13.8. The Labute approximate surface area is 115 Å². The quantitative estimate of drug-likeness (QED) is 0.296. The molecular formula is C12H15ClN4O2. The van der Waals surface area contributed by atoms with E-state index in [2.05, 4.69) is 15.8 Å². The molecule has 1 aromatic rings. The Bertz CT molecular complexity index is 514. The highest BCUT2D eigenvalue weighted by atomic mass is 35.5. The molecule has 0 saturated heterocycles. The maximum absolute atomic E-state index is 11.7. The number of halogens is 1. The molecule has 0 aromatic heterocycles. The molecule has 1 fully saturated rings. The molecule has 102 valence electrons. The fourth-order valence-corrected chi connectivity index (χ4v) is 1.96. The predicted octanol–water partition coefficient (Wildman–Crippen LogP) is 2.11. The van der Waals surface area contributed by atoms with Crippen LogP contribution >= 0.6 is 11.6 Å². The van der Waals surface area contributed by atoms with Gasteiger partial charge < -0.3 is 21.6 Å². The Balaban J connectivity index is 2.02. The number of nitrogens with one attached hydrogen (secondary N) is 2. The summed E-state index contributed by atoms with van der Waals surface area (Å²) in [5.74, 6) is -0.0348. The van der Waals surface area contributed by atoms with Gasteiger partial charge >= 0.3 is 6.03 Å². The van der Waals surface area contributed by atoms with Crippen molar-refractivity contribution in [3.8, 4) is 0 Å². The van der Waals surface area contributed by atoms with E-state index in [1.54, 1.807) is 12.1 Å². The standard InChI is InChI=1S/C12H15ClN4O2/c13-9-6-7(11(14)17-19)4-5-10(9)16-12(18)15-8-2-1-3-8/h4-6,8,19H,1-3H2,(H2,14,17)(H2,15,16,18). The molecule has 0 atom stereocenters. The fourth-order valence-electron chi connectivity index (χ4n) is 1.73. The molecule has 7 heteroatoms. The zero-order valence-electron chi connectivity index (χ0n) is 10.2. The number of hydrogen-bond donors (Lipinski definition) is 4. The fraction of sp³-hybridized carbons (Fsp3) is 0.333. The van der Waals surface area contributed by atoms with E-state index in [-0.39, 0.29) is 17.9 Å². The van der Waals surface area contributed by atoms with E-state index in [1.165, 1.54) is 6.07 Å². The van der Waals surface area contributed by atoms with Crippen molar-refractivity contribution < 1.29 is 10.0 Å². The van der Waals surface area contributed by atoms with Crippen molar-refractivity contribution in [2.24, 2.45) is 10.9 Å². The molecule has 1 saturated carbocycles. The number of nitrogens with zero attached hydrogens (tertiary/aromatic N) is 1. The lowest BCUT2D eigenvalue weighted by Gasteiger charge is -2.26. The number of amidine groups is 1. The van der Waals surface area contributed by atoms with Crippen LogP contribution < -0.4 is 16.4 Å². The SMILES string of the molecule is N/C(=N/O)c1ccc(NC(=O)NC2CCC2)c(Cl)c1. The highest BCUT2D eigenvalue weighted by molar-refractivity contribution is 6.34. The monoisotopic (exact) mass is 282 g/mol. The van der Waals surface area contributed by atoms with E-state index in [1.807, 2.05) is 0 Å². The van der Waals surface area contributed by atoms with E-state index in [9.17, 15) is 4.79 Å². The van der Waals surface area contributed by atoms with Crippen molar-refractivity contribution in [3.63, 3.8) is 0 Å². The summed E-state index contributed by atoms with van der Waals surface area (Å²) in [4.78, 5) is 11.7. The molecule has 1 aliphatic carbocycles. The smallest absolute Gasteiger partial charge is 0.319 e. The maximum Gasteiger partial charge on any atom is 0.319 e. The van der Waals surface area contributed by atoms with E-state index in [4.69, 9.17) is 22.5 Å². The molecular weight excluding hydrogens is 268 g/mol. The third kappa shape index (κ3) is 3.29. The number of anilines is 1. The van der Waals surface area contributed by atoms with Crippen molar-refractivity contribution in [1.29, 1.82) is 0 Å². The van der Waals surface area contributed by atoms with Gasteiger partial charge in [-0.2, -0.15) is 0 Å². The third-order valence-electron chi connectivity index (χ3n) is 3.06. The van der Waals surface area contributed by atoms with Gasteiger partial charge in [-0.1, -0.05) is 16.8 Å². The summed E-state index contributed by atoms with van der Waals surface area (Å²) in [6.07, 6.45) is 3.19. The van der Waals surface area contributed by atoms with Crippen molar-refractivity contribution in [3.05, 3.63) is 28.8 Å². The summed E-state index contributed by atoms with van der Waals surface area (Å²) in [6, 6.07) is 4.73. The minimum Gasteiger partial charge on any atom is -0.409 e. The molecule has 19 heavy (non-hydrogen) atoms. The number of carbonyl (C=O) groups excluding carboxylic acids is 1. The van der Waals surface area contributed by atoms with Crippen LogP contribution in [0.25, 0.3) is 0 Å². The molecule has 5 N–H and O–H groups in total. The highest BCUT2D eigenvalue weighted by Crippen LogP contribution is 2.23. The Morgan fingerprint density at radius 1 is 1.47 bits per heavy atom. The van der Waals surface area contributed by atoms with Crippen LogP contribution in [-0.2, 0) is 0 Å². The van der Waals surface area contributed by atoms with Crippen LogP contribution in [0.2, 0.25) is 5.02 Å². The van der Waals surface area contributed by atoms with Crippen molar-refractivity contribution >= 4 is 29.2 Å². The van der Waals surface area contributed by atoms with Gasteiger partial charge in [0.05, 0.1) is 10.7 Å². The Morgan fingerprint density at radius 2 is 2.21 bits per heavy atom. The molecule has 0 heterocycles. The van der Waals surface area contributed by atoms with Gasteiger partial charge in [-0.15, -0.1) is 0 Å². The number of oxime groups is 1. The molecule has 6 nitrogen and oxygen atoms in total. The van der Waals surface area contributed by atoms with Gasteiger partial charge in [0.1, 0.15) is 0 Å². The first-order chi connectivity index (χ1) is 9.10. The van der Waals surface area contributed by atoms with E-state index >= 15 is 0 Å². The van der Waals surface area contributed by atoms with Gasteiger partial charge in [0, 0.05) is 11.6 Å². The summed E-state index contributed by atoms with van der Waals surface area (Å²) >= 11 is 6.02. The second-order valence-corrected chi connectivity index (χ2v) is 4.81. The second kappa shape index (κ2) is 5.79. The molecule has 0 radical (unpaired) electrons. The van der Waals surface area contributed by atoms with Crippen LogP contribution in [0.4, 0.5) is 10.5 Å². The molecule has 0 bridgehead atoms. The minimum absolute atomic E-state index is 0.0348. The Morgan fingerprint density at radius 3 is 2.74 bits per heavy atom. The average molecular weight is 283 g/mol. The van der Waals surface area contributed by atoms with E-state index in [0.29, 0.717) is 16.3 Å². The topological polar surface area (TPSA) is 99.7 Å². The first kappa shape index (κ1) is 13.5. The number of nitrogens with two attached hydrogens (primary N) is 1. The van der Waals surface area contributed by atoms with Gasteiger partial charge in [0.15, 0.2) is 5.84 Å². The predicted molar refractivity (Wildman–Crippen MR) is 73.8 cm³/mol. The lowest BCUT2D eigenvalue weighted by Crippen LogP contribution is -2.41. The minimum atomic E-state index is -0.275. The molecule has 2 rings (SSSR count). The van der Waals surface area contributed by atoms with Crippen molar-refractivity contribution in [2.45, 2.75) is 25.3 Å². The van der Waals surface area contributed by atoms with E-state index < -0.39 is 0 Å². The largest absolute Gasteiger partial charge is 0.409 e. The van der Waals surface area contributed by atoms with Gasteiger partial charge in [-0.3, -0.25) is 0 Å². The second-order valence-electron chi connectivity index (χ2n) is 4.41. The zero-order valence-corrected chi connectivity index (χ0v) is 10.9. The van der Waals surface area contributed by atoms with Gasteiger partial charge in [-0.25, -0.2) is 4.79 Å². The van der Waals surface area contributed by atoms with Crippen LogP contribution in [-0.4, -0.2) is 23.1 Å². The summed E-state index contributed by atoms with van der Waals surface area (Å²) < 4.78 is 0. The molecule has 0 aliphatic heterocycles. The summed E-state index contributed by atoms with van der Waals surface area (Å²) in [5.41, 5.74) is 6.41. The number of amides is 2. The van der Waals surface area contributed by atoms with Gasteiger partial charge in [0.2, 0.25) is 0 Å². The average Bonchev–Trinajstić information content (AvgIpc) is 2.35. The summed E-state index contributed by atoms with van der Waals surface area (Å²) in [5, 5.41) is 17.3. The van der Waals surface area contributed by atoms with Crippen molar-refractivity contribution in [1.82, 2.24) is 5.32 Å². The number of urea groups is 1. The van der Waals surface area contributed by atoms with Crippen LogP contribution in [0.15, 0.2) is 23.4 Å². The number of hydrogen-bond acceptors (Lipinski definition) is 3. The van der Waals surface area contributed by atoms with Crippen LogP contribution in [0.3, 0.4) is 0 Å². The Hall–Kier alpha value is -1.95. The Kier molecular flexibility index (Phi) is 4.11. The number of benzene rings is 1. The van der Waals surface area contributed by atoms with Gasteiger partial charge in [0.25, 0.3) is 0 Å². The van der Waals surface area contributed by atoms with Gasteiger partial charge in [-0.05, 0) is 37.5 Å². The highest BCUT2D eigenvalue weighted by Gasteiger charge is 2.19. The molecule has 2 amide bonds. The van der Waals surface area contributed by atoms with Crippen LogP contribution in [0, 0.1) is 0 Å². The molecule has 1 aromatic carbocycles. The normalized spacial score (nSPS) is 15.7. The van der Waals surface area contributed by atoms with Crippen molar-refractivity contribution in [2.75, 3.05) is 5.32 Å². The maximum atomic E-state index is 11.7. The lowest BCUT2D eigenvalue weighted by atomic mass is 9.93. The number of rotatable bonds is 3. The first-order valence-electron chi connectivity index (χ1n) is 5.95. The van der Waals surface area contributed by atoms with Crippen LogP contribution in [0.5, 0.6) is 0 Å². The molecule has 1 aliphatic rings. The molecule has 0 unspecified atom stereocenters. The number of carbonyl (C=O) groups is 1. The first-order valence-corrected chi connectivity index (χ1v) is 6.33. The molecule has 0 spiro atoms. The van der Waals surface area contributed by atoms with E-state index in [0.717, 1.165) is 19.3 Å².